The van der Waals surface area contributed by atoms with Crippen LogP contribution >= 0.6 is 34.7 Å². The van der Waals surface area contributed by atoms with Gasteiger partial charge in [-0.3, -0.25) is 10.2 Å². The molecule has 0 spiro atoms. The number of benzene rings is 2. The van der Waals surface area contributed by atoms with E-state index in [1.165, 1.54) is 17.8 Å². The predicted molar refractivity (Wildman–Crippen MR) is 125 cm³/mol. The second kappa shape index (κ2) is 8.55. The molecule has 0 unspecified atom stereocenters. The molecule has 1 N–H and O–H groups in total. The highest BCUT2D eigenvalue weighted by atomic mass is 35.5. The number of aliphatic imine (C=N–C) groups is 1. The summed E-state index contributed by atoms with van der Waals surface area (Å²) >= 11 is 9.40. The average molecular weight is 454 g/mol. The Morgan fingerprint density at radius 3 is 2.63 bits per heavy atom. The van der Waals surface area contributed by atoms with Crippen molar-refractivity contribution < 1.29 is 4.79 Å². The number of nitrogens with one attached hydrogen (secondary N) is 1. The van der Waals surface area contributed by atoms with Crippen LogP contribution in [0.2, 0.25) is 4.34 Å². The molecule has 2 aliphatic rings. The van der Waals surface area contributed by atoms with Gasteiger partial charge in [-0.05, 0) is 49.2 Å². The highest BCUT2D eigenvalue weighted by molar-refractivity contribution is 7.99. The molecule has 0 aliphatic carbocycles. The van der Waals surface area contributed by atoms with E-state index in [9.17, 15) is 4.79 Å². The second-order valence-corrected chi connectivity index (χ2v) is 10.1. The maximum atomic E-state index is 12.8. The zero-order valence-electron chi connectivity index (χ0n) is 16.2. The highest BCUT2D eigenvalue weighted by Gasteiger charge is 2.21. The molecule has 5 rings (SSSR count). The van der Waals surface area contributed by atoms with Gasteiger partial charge in [0.05, 0.1) is 20.6 Å². The van der Waals surface area contributed by atoms with Crippen molar-refractivity contribution in [1.82, 2.24) is 10.4 Å². The second-order valence-electron chi connectivity index (χ2n) is 7.33. The summed E-state index contributed by atoms with van der Waals surface area (Å²) in [5.41, 5.74) is 6.45. The number of rotatable bonds is 3. The largest absolute Gasteiger partial charge is 0.285 e. The van der Waals surface area contributed by atoms with Gasteiger partial charge in [0.1, 0.15) is 0 Å². The molecule has 0 radical (unpaired) electrons. The third-order valence-corrected chi connectivity index (χ3v) is 7.62. The molecule has 30 heavy (non-hydrogen) atoms. The zero-order valence-corrected chi connectivity index (χ0v) is 18.6. The standard InChI is InChI=1S/C23H20ClN3OS2/c24-21-11-10-20(30-21)22-16-6-2-3-7-18(16)29-19-9-8-15(14-17(19)25-22)23(28)26-27-12-4-1-5-13-27/h2-3,6-11,14H,1,4-5,12-13H2,(H,26,28). The van der Waals surface area contributed by atoms with Crippen LogP contribution in [0.25, 0.3) is 0 Å². The number of carbonyl (C=O) groups excluding carboxylic acids is 1. The van der Waals surface area contributed by atoms with Gasteiger partial charge in [-0.15, -0.1) is 11.3 Å². The van der Waals surface area contributed by atoms with Crippen LogP contribution in [0.1, 0.15) is 40.1 Å². The summed E-state index contributed by atoms with van der Waals surface area (Å²) in [6.45, 7) is 1.81. The van der Waals surface area contributed by atoms with Gasteiger partial charge in [0.2, 0.25) is 0 Å². The van der Waals surface area contributed by atoms with E-state index in [4.69, 9.17) is 16.6 Å². The number of piperidine rings is 1. The molecule has 1 saturated heterocycles. The molecule has 3 aromatic rings. The molecule has 0 bridgehead atoms. The van der Waals surface area contributed by atoms with Crippen LogP contribution in [-0.2, 0) is 0 Å². The lowest BCUT2D eigenvalue weighted by molar-refractivity contribution is 0.0750. The third kappa shape index (κ3) is 4.05. The lowest BCUT2D eigenvalue weighted by atomic mass is 10.1. The monoisotopic (exact) mass is 453 g/mol. The highest BCUT2D eigenvalue weighted by Crippen LogP contribution is 2.42. The molecule has 4 nitrogen and oxygen atoms in total. The van der Waals surface area contributed by atoms with Crippen molar-refractivity contribution in [3.63, 3.8) is 0 Å². The van der Waals surface area contributed by atoms with Crippen LogP contribution in [-0.4, -0.2) is 29.7 Å². The minimum absolute atomic E-state index is 0.0811. The Bertz CT molecular complexity index is 1130. The first-order valence-electron chi connectivity index (χ1n) is 9.99. The van der Waals surface area contributed by atoms with Gasteiger partial charge < -0.3 is 0 Å². The quantitative estimate of drug-likeness (QED) is 0.403. The number of fused-ring (bicyclic) bond motifs is 2. The predicted octanol–water partition coefficient (Wildman–Crippen LogP) is 6.17. The number of hydrogen-bond donors (Lipinski definition) is 1. The summed E-state index contributed by atoms with van der Waals surface area (Å²) in [4.78, 5) is 21.0. The van der Waals surface area contributed by atoms with Crippen LogP contribution in [0.15, 0.2) is 69.4 Å². The normalized spacial score (nSPS) is 16.2. The summed E-state index contributed by atoms with van der Waals surface area (Å²) in [5, 5.41) is 2.02. The van der Waals surface area contributed by atoms with E-state index in [1.54, 1.807) is 11.8 Å². The third-order valence-electron chi connectivity index (χ3n) is 5.24. The average Bonchev–Trinajstić information content (AvgIpc) is 3.12. The number of hydrogen-bond acceptors (Lipinski definition) is 5. The van der Waals surface area contributed by atoms with Crippen LogP contribution in [0.3, 0.4) is 0 Å². The lowest BCUT2D eigenvalue weighted by Gasteiger charge is -2.26. The van der Waals surface area contributed by atoms with E-state index < -0.39 is 0 Å². The van der Waals surface area contributed by atoms with E-state index in [0.717, 1.165) is 61.9 Å². The number of hydrazine groups is 1. The maximum absolute atomic E-state index is 12.8. The molecular weight excluding hydrogens is 434 g/mol. The van der Waals surface area contributed by atoms with Gasteiger partial charge in [-0.2, -0.15) is 0 Å². The van der Waals surface area contributed by atoms with Gasteiger partial charge in [0, 0.05) is 34.0 Å². The molecular formula is C23H20ClN3OS2. The lowest BCUT2D eigenvalue weighted by Crippen LogP contribution is -2.45. The number of nitrogens with zero attached hydrogens (tertiary/aromatic N) is 2. The number of carbonyl (C=O) groups is 1. The molecule has 1 aromatic heterocycles. The smallest absolute Gasteiger partial charge is 0.265 e. The Morgan fingerprint density at radius 1 is 1.00 bits per heavy atom. The Kier molecular flexibility index (Phi) is 5.65. The van der Waals surface area contributed by atoms with Crippen LogP contribution in [0, 0.1) is 0 Å². The Labute approximate surface area is 188 Å². The Hall–Kier alpha value is -2.12. The van der Waals surface area contributed by atoms with Crippen LogP contribution in [0.4, 0.5) is 5.69 Å². The molecule has 2 aliphatic heterocycles. The number of thiophene rings is 1. The number of amides is 1. The summed E-state index contributed by atoms with van der Waals surface area (Å²) < 4.78 is 0.733. The zero-order chi connectivity index (χ0) is 20.5. The van der Waals surface area contributed by atoms with E-state index >= 15 is 0 Å². The first-order valence-corrected chi connectivity index (χ1v) is 12.0. The van der Waals surface area contributed by atoms with Gasteiger partial charge >= 0.3 is 0 Å². The van der Waals surface area contributed by atoms with Crippen molar-refractivity contribution in [3.8, 4) is 0 Å². The molecule has 1 fully saturated rings. The van der Waals surface area contributed by atoms with Gasteiger partial charge in [0.15, 0.2) is 0 Å². The molecule has 0 saturated carbocycles. The van der Waals surface area contributed by atoms with Crippen molar-refractivity contribution in [2.45, 2.75) is 29.1 Å². The summed E-state index contributed by atoms with van der Waals surface area (Å²) in [7, 11) is 0. The first-order chi connectivity index (χ1) is 14.7. The maximum Gasteiger partial charge on any atom is 0.265 e. The van der Waals surface area contributed by atoms with Crippen molar-refractivity contribution in [2.75, 3.05) is 13.1 Å². The van der Waals surface area contributed by atoms with Gasteiger partial charge in [-0.25, -0.2) is 10.0 Å². The molecule has 0 atom stereocenters. The Morgan fingerprint density at radius 2 is 1.83 bits per heavy atom. The van der Waals surface area contributed by atoms with Crippen molar-refractivity contribution >= 4 is 52.0 Å². The fraction of sp³-hybridized carbons (Fsp3) is 0.217. The van der Waals surface area contributed by atoms with Crippen molar-refractivity contribution in [3.05, 3.63) is 74.9 Å². The SMILES string of the molecule is O=C(NN1CCCCC1)c1ccc2c(c1)N=C(c1ccc(Cl)s1)c1ccccc1S2. The topological polar surface area (TPSA) is 44.7 Å². The summed E-state index contributed by atoms with van der Waals surface area (Å²) in [6, 6.07) is 17.9. The Balaban J connectivity index is 1.53. The summed E-state index contributed by atoms with van der Waals surface area (Å²) in [5.74, 6) is -0.0811. The van der Waals surface area contributed by atoms with E-state index in [1.807, 2.05) is 47.5 Å². The van der Waals surface area contributed by atoms with E-state index in [-0.39, 0.29) is 5.91 Å². The number of halogens is 1. The van der Waals surface area contributed by atoms with Crippen LogP contribution in [0.5, 0.6) is 0 Å². The van der Waals surface area contributed by atoms with Gasteiger partial charge in [-0.1, -0.05) is 48.0 Å². The molecule has 7 heteroatoms. The minimum Gasteiger partial charge on any atom is -0.285 e. The molecule has 2 aromatic carbocycles. The molecule has 1 amide bonds. The fourth-order valence-electron chi connectivity index (χ4n) is 3.73. The van der Waals surface area contributed by atoms with Crippen molar-refractivity contribution in [1.29, 1.82) is 0 Å². The molecule has 152 valence electrons. The van der Waals surface area contributed by atoms with Gasteiger partial charge in [0.25, 0.3) is 5.91 Å². The minimum atomic E-state index is -0.0811. The van der Waals surface area contributed by atoms with E-state index in [0.29, 0.717) is 5.56 Å². The van der Waals surface area contributed by atoms with Crippen LogP contribution < -0.4 is 5.43 Å². The molecule has 3 heterocycles. The summed E-state index contributed by atoms with van der Waals surface area (Å²) in [6.07, 6.45) is 3.47. The van der Waals surface area contributed by atoms with E-state index in [2.05, 4.69) is 17.6 Å². The first kappa shape index (κ1) is 19.8. The van der Waals surface area contributed by atoms with Crippen molar-refractivity contribution in [2.24, 2.45) is 4.99 Å². The fourth-order valence-corrected chi connectivity index (χ4v) is 5.78.